The van der Waals surface area contributed by atoms with Crippen LogP contribution in [0, 0.1) is 5.92 Å². The first kappa shape index (κ1) is 17.2. The van der Waals surface area contributed by atoms with Crippen LogP contribution in [0.15, 0.2) is 41.0 Å². The normalized spacial score (nSPS) is 23.8. The quantitative estimate of drug-likeness (QED) is 0.795. The van der Waals surface area contributed by atoms with Crippen LogP contribution in [-0.4, -0.2) is 46.6 Å². The van der Waals surface area contributed by atoms with E-state index in [0.29, 0.717) is 30.3 Å². The average Bonchev–Trinajstić information content (AvgIpc) is 3.30. The van der Waals surface area contributed by atoms with Crippen molar-refractivity contribution in [1.29, 1.82) is 0 Å². The highest BCUT2D eigenvalue weighted by atomic mass is 16.4. The summed E-state index contributed by atoms with van der Waals surface area (Å²) in [6, 6.07) is 11.4. The largest absolute Gasteiger partial charge is 0.476 e. The third-order valence-electron chi connectivity index (χ3n) is 5.52. The van der Waals surface area contributed by atoms with Gasteiger partial charge in [-0.05, 0) is 50.4 Å². The zero-order chi connectivity index (χ0) is 17.9. The van der Waals surface area contributed by atoms with E-state index in [0.717, 1.165) is 32.5 Å². The van der Waals surface area contributed by atoms with Crippen LogP contribution in [0.5, 0.6) is 0 Å². The van der Waals surface area contributed by atoms with Crippen LogP contribution in [0.1, 0.15) is 47.1 Å². The summed E-state index contributed by atoms with van der Waals surface area (Å²) in [7, 11) is 0. The van der Waals surface area contributed by atoms with Crippen molar-refractivity contribution >= 4 is 5.97 Å². The van der Waals surface area contributed by atoms with E-state index in [-0.39, 0.29) is 5.69 Å². The zero-order valence-corrected chi connectivity index (χ0v) is 14.8. The summed E-state index contributed by atoms with van der Waals surface area (Å²) in [6.45, 7) is 3.68. The maximum atomic E-state index is 10.9. The van der Waals surface area contributed by atoms with Gasteiger partial charge in [0.1, 0.15) is 6.26 Å². The smallest absolute Gasteiger partial charge is 0.357 e. The number of piperidine rings is 1. The predicted molar refractivity (Wildman–Crippen MR) is 97.1 cm³/mol. The molecule has 138 valence electrons. The molecule has 26 heavy (non-hydrogen) atoms. The van der Waals surface area contributed by atoms with Crippen LogP contribution in [0.25, 0.3) is 0 Å². The number of aromatic nitrogens is 1. The number of benzene rings is 1. The second-order valence-corrected chi connectivity index (χ2v) is 7.42. The summed E-state index contributed by atoms with van der Waals surface area (Å²) in [5.74, 6) is 0.841. The molecule has 0 bridgehead atoms. The fourth-order valence-corrected chi connectivity index (χ4v) is 3.83. The molecule has 6 nitrogen and oxygen atoms in total. The van der Waals surface area contributed by atoms with Gasteiger partial charge in [0.15, 0.2) is 5.69 Å². The SMILES string of the molecule is O=C(O)c1coc(CN2CCC(CN[C@H]3C[C@@H]3c3ccccc3)CC2)n1. The molecule has 1 aromatic heterocycles. The van der Waals surface area contributed by atoms with Crippen molar-refractivity contribution in [3.8, 4) is 0 Å². The molecule has 2 atom stereocenters. The number of carbonyl (C=O) groups is 1. The van der Waals surface area contributed by atoms with Gasteiger partial charge in [-0.25, -0.2) is 9.78 Å². The summed E-state index contributed by atoms with van der Waals surface area (Å²) in [5.41, 5.74) is 1.43. The van der Waals surface area contributed by atoms with Crippen LogP contribution >= 0.6 is 0 Å². The third-order valence-corrected chi connectivity index (χ3v) is 5.52. The molecule has 2 N–H and O–H groups in total. The van der Waals surface area contributed by atoms with Crippen LogP contribution in [0.3, 0.4) is 0 Å². The number of carboxylic acid groups (broad SMARTS) is 1. The Morgan fingerprint density at radius 2 is 2.04 bits per heavy atom. The minimum atomic E-state index is -1.04. The van der Waals surface area contributed by atoms with Crippen molar-refractivity contribution in [2.45, 2.75) is 37.8 Å². The molecule has 0 spiro atoms. The summed E-state index contributed by atoms with van der Waals surface area (Å²) < 4.78 is 5.25. The van der Waals surface area contributed by atoms with E-state index in [9.17, 15) is 4.79 Å². The standard InChI is InChI=1S/C20H25N3O3/c24-20(25)18-13-26-19(22-18)12-23-8-6-14(7-9-23)11-21-17-10-16(17)15-4-2-1-3-5-15/h1-5,13-14,16-17,21H,6-12H2,(H,24,25)/t16-,17+/m1/s1. The average molecular weight is 355 g/mol. The van der Waals surface area contributed by atoms with E-state index in [1.54, 1.807) is 0 Å². The number of aromatic carboxylic acids is 1. The Balaban J connectivity index is 1.17. The Labute approximate surface area is 153 Å². The minimum absolute atomic E-state index is 0.0171. The molecule has 1 aromatic carbocycles. The van der Waals surface area contributed by atoms with Crippen LogP contribution in [0.2, 0.25) is 0 Å². The van der Waals surface area contributed by atoms with E-state index in [2.05, 4.69) is 45.5 Å². The highest BCUT2D eigenvalue weighted by Crippen LogP contribution is 2.40. The Bertz CT molecular complexity index is 738. The molecular weight excluding hydrogens is 330 g/mol. The number of nitrogens with one attached hydrogen (secondary N) is 1. The van der Waals surface area contributed by atoms with Crippen LogP contribution < -0.4 is 5.32 Å². The Morgan fingerprint density at radius 1 is 1.27 bits per heavy atom. The van der Waals surface area contributed by atoms with E-state index < -0.39 is 5.97 Å². The Kier molecular flexibility index (Phi) is 5.04. The highest BCUT2D eigenvalue weighted by Gasteiger charge is 2.38. The first-order valence-corrected chi connectivity index (χ1v) is 9.37. The van der Waals surface area contributed by atoms with Crippen LogP contribution in [-0.2, 0) is 6.54 Å². The predicted octanol–water partition coefficient (Wildman–Crippen LogP) is 2.73. The van der Waals surface area contributed by atoms with E-state index in [1.807, 2.05) is 0 Å². The lowest BCUT2D eigenvalue weighted by Gasteiger charge is -2.31. The molecular formula is C20H25N3O3. The topological polar surface area (TPSA) is 78.6 Å². The number of carboxylic acids is 1. The molecule has 1 aliphatic heterocycles. The van der Waals surface area contributed by atoms with E-state index in [1.165, 1.54) is 18.2 Å². The maximum absolute atomic E-state index is 10.9. The fraction of sp³-hybridized carbons (Fsp3) is 0.500. The van der Waals surface area contributed by atoms with Gasteiger partial charge in [-0.3, -0.25) is 4.90 Å². The summed E-state index contributed by atoms with van der Waals surface area (Å²) in [5, 5.41) is 12.6. The van der Waals surface area contributed by atoms with Crippen molar-refractivity contribution in [3.05, 3.63) is 53.7 Å². The lowest BCUT2D eigenvalue weighted by atomic mass is 9.96. The van der Waals surface area contributed by atoms with Crippen LogP contribution in [0.4, 0.5) is 0 Å². The van der Waals surface area contributed by atoms with E-state index in [4.69, 9.17) is 9.52 Å². The van der Waals surface area contributed by atoms with Crippen molar-refractivity contribution in [2.24, 2.45) is 5.92 Å². The molecule has 1 aliphatic carbocycles. The molecule has 2 aliphatic rings. The summed E-state index contributed by atoms with van der Waals surface area (Å²) in [6.07, 6.45) is 4.77. The zero-order valence-electron chi connectivity index (χ0n) is 14.8. The van der Waals surface area contributed by atoms with Gasteiger partial charge in [-0.15, -0.1) is 0 Å². The van der Waals surface area contributed by atoms with E-state index >= 15 is 0 Å². The van der Waals surface area contributed by atoms with Gasteiger partial charge in [0.2, 0.25) is 5.89 Å². The number of rotatable bonds is 7. The lowest BCUT2D eigenvalue weighted by Crippen LogP contribution is -2.37. The van der Waals surface area contributed by atoms with Crippen molar-refractivity contribution < 1.29 is 14.3 Å². The highest BCUT2D eigenvalue weighted by molar-refractivity contribution is 5.84. The molecule has 2 aromatic rings. The second kappa shape index (κ2) is 7.60. The van der Waals surface area contributed by atoms with Gasteiger partial charge in [-0.2, -0.15) is 0 Å². The van der Waals surface area contributed by atoms with Gasteiger partial charge < -0.3 is 14.8 Å². The number of likely N-dealkylation sites (tertiary alicyclic amines) is 1. The summed E-state index contributed by atoms with van der Waals surface area (Å²) in [4.78, 5) is 17.1. The van der Waals surface area contributed by atoms with Crippen molar-refractivity contribution in [1.82, 2.24) is 15.2 Å². The van der Waals surface area contributed by atoms with Gasteiger partial charge in [0.25, 0.3) is 0 Å². The molecule has 2 fully saturated rings. The van der Waals surface area contributed by atoms with Gasteiger partial charge in [-0.1, -0.05) is 30.3 Å². The second-order valence-electron chi connectivity index (χ2n) is 7.42. The molecule has 0 unspecified atom stereocenters. The molecule has 0 radical (unpaired) electrons. The number of oxazole rings is 1. The third kappa shape index (κ3) is 4.14. The van der Waals surface area contributed by atoms with Crippen molar-refractivity contribution in [2.75, 3.05) is 19.6 Å². The molecule has 1 saturated carbocycles. The fourth-order valence-electron chi connectivity index (χ4n) is 3.83. The molecule has 1 saturated heterocycles. The minimum Gasteiger partial charge on any atom is -0.476 e. The molecule has 2 heterocycles. The first-order valence-electron chi connectivity index (χ1n) is 9.37. The number of hydrogen-bond donors (Lipinski definition) is 2. The van der Waals surface area contributed by atoms with Crippen molar-refractivity contribution in [3.63, 3.8) is 0 Å². The maximum Gasteiger partial charge on any atom is 0.357 e. The number of hydrogen-bond acceptors (Lipinski definition) is 5. The monoisotopic (exact) mass is 355 g/mol. The Morgan fingerprint density at radius 3 is 2.73 bits per heavy atom. The molecule has 6 heteroatoms. The van der Waals surface area contributed by atoms with Gasteiger partial charge in [0, 0.05) is 12.0 Å². The first-order chi connectivity index (χ1) is 12.7. The summed E-state index contributed by atoms with van der Waals surface area (Å²) >= 11 is 0. The molecule has 4 rings (SSSR count). The van der Waals surface area contributed by atoms with Gasteiger partial charge >= 0.3 is 5.97 Å². The molecule has 0 amide bonds. The Hall–Kier alpha value is -2.18. The lowest BCUT2D eigenvalue weighted by molar-refractivity contribution is 0.0690. The van der Waals surface area contributed by atoms with Gasteiger partial charge in [0.05, 0.1) is 6.54 Å². The number of nitrogens with zero attached hydrogens (tertiary/aromatic N) is 2.